The first kappa shape index (κ1) is 18.6. The minimum atomic E-state index is 0.503. The van der Waals surface area contributed by atoms with Crippen LogP contribution in [0, 0.1) is 0 Å². The summed E-state index contributed by atoms with van der Waals surface area (Å²) < 4.78 is 5.49. The van der Waals surface area contributed by atoms with Crippen LogP contribution in [-0.4, -0.2) is 31.3 Å². The summed E-state index contributed by atoms with van der Waals surface area (Å²) in [6, 6.07) is 13.5. The number of hydrogen-bond acceptors (Lipinski definition) is 3. The van der Waals surface area contributed by atoms with Crippen molar-refractivity contribution >= 4 is 63.5 Å². The summed E-state index contributed by atoms with van der Waals surface area (Å²) in [5.74, 6) is 0. The third-order valence-corrected chi connectivity index (χ3v) is 5.49. The molecule has 0 saturated carbocycles. The van der Waals surface area contributed by atoms with Crippen LogP contribution in [0.25, 0.3) is 23.1 Å². The number of hydrogen-bond donors (Lipinski definition) is 0. The SMILES string of the molecule is Clc1ccc(/C=C/c2cc(N3CCOCC3)c3cc(Cl)c(Cl)cc3n2)cc1. The van der Waals surface area contributed by atoms with E-state index in [2.05, 4.69) is 11.0 Å². The summed E-state index contributed by atoms with van der Waals surface area (Å²) in [5.41, 5.74) is 3.84. The molecule has 2 aromatic carbocycles. The monoisotopic (exact) mass is 418 g/mol. The normalized spacial score (nSPS) is 15.0. The minimum absolute atomic E-state index is 0.503. The van der Waals surface area contributed by atoms with Crippen LogP contribution in [0.15, 0.2) is 42.5 Å². The summed E-state index contributed by atoms with van der Waals surface area (Å²) in [5, 5.41) is 2.75. The molecule has 0 unspecified atom stereocenters. The molecule has 0 spiro atoms. The molecule has 0 radical (unpaired) electrons. The Labute approximate surface area is 173 Å². The Kier molecular flexibility index (Phi) is 5.55. The second-order valence-electron chi connectivity index (χ2n) is 6.33. The van der Waals surface area contributed by atoms with Crippen molar-refractivity contribution in [2.24, 2.45) is 0 Å². The highest BCUT2D eigenvalue weighted by atomic mass is 35.5. The second-order valence-corrected chi connectivity index (χ2v) is 7.58. The molecule has 3 aromatic rings. The van der Waals surface area contributed by atoms with Crippen LogP contribution >= 0.6 is 34.8 Å². The molecule has 3 nitrogen and oxygen atoms in total. The fourth-order valence-electron chi connectivity index (χ4n) is 3.13. The van der Waals surface area contributed by atoms with E-state index in [1.165, 1.54) is 0 Å². The van der Waals surface area contributed by atoms with E-state index in [1.54, 1.807) is 0 Å². The summed E-state index contributed by atoms with van der Waals surface area (Å²) in [6.07, 6.45) is 4.01. The van der Waals surface area contributed by atoms with Crippen LogP contribution in [-0.2, 0) is 4.74 Å². The van der Waals surface area contributed by atoms with Gasteiger partial charge in [0.15, 0.2) is 0 Å². The number of halogens is 3. The third-order valence-electron chi connectivity index (χ3n) is 4.52. The lowest BCUT2D eigenvalue weighted by molar-refractivity contribution is 0.123. The lowest BCUT2D eigenvalue weighted by Gasteiger charge is -2.30. The van der Waals surface area contributed by atoms with Gasteiger partial charge in [-0.15, -0.1) is 0 Å². The summed E-state index contributed by atoms with van der Waals surface area (Å²) in [7, 11) is 0. The van der Waals surface area contributed by atoms with E-state index in [1.807, 2.05) is 48.6 Å². The van der Waals surface area contributed by atoms with Crippen molar-refractivity contribution in [1.29, 1.82) is 0 Å². The molecule has 2 heterocycles. The number of nitrogens with zero attached hydrogens (tertiary/aromatic N) is 2. The van der Waals surface area contributed by atoms with Gasteiger partial charge in [0.25, 0.3) is 0 Å². The first-order chi connectivity index (χ1) is 13.1. The minimum Gasteiger partial charge on any atom is -0.378 e. The van der Waals surface area contributed by atoms with Gasteiger partial charge in [-0.2, -0.15) is 0 Å². The van der Waals surface area contributed by atoms with E-state index >= 15 is 0 Å². The standard InChI is InChI=1S/C21H17Cl3N2O/c22-15-4-1-14(2-5-15)3-6-16-11-21(26-7-9-27-10-8-26)17-12-18(23)19(24)13-20(17)25-16/h1-6,11-13H,7-10H2/b6-3+. The van der Waals surface area contributed by atoms with Crippen LogP contribution in [0.3, 0.4) is 0 Å². The molecule has 0 bridgehead atoms. The number of pyridine rings is 1. The Hall–Kier alpha value is -1.78. The molecule has 27 heavy (non-hydrogen) atoms. The van der Waals surface area contributed by atoms with Gasteiger partial charge in [-0.1, -0.05) is 53.0 Å². The van der Waals surface area contributed by atoms with Gasteiger partial charge in [-0.25, -0.2) is 4.98 Å². The molecule has 1 aliphatic heterocycles. The van der Waals surface area contributed by atoms with Crippen LogP contribution in [0.4, 0.5) is 5.69 Å². The average Bonchev–Trinajstić information content (AvgIpc) is 2.69. The number of morpholine rings is 1. The fraction of sp³-hybridized carbons (Fsp3) is 0.190. The maximum Gasteiger partial charge on any atom is 0.0746 e. The van der Waals surface area contributed by atoms with Gasteiger partial charge >= 0.3 is 0 Å². The molecule has 0 N–H and O–H groups in total. The molecule has 0 amide bonds. The van der Waals surface area contributed by atoms with Gasteiger partial charge < -0.3 is 9.64 Å². The smallest absolute Gasteiger partial charge is 0.0746 e. The zero-order chi connectivity index (χ0) is 18.8. The van der Waals surface area contributed by atoms with Gasteiger partial charge in [0.2, 0.25) is 0 Å². The maximum atomic E-state index is 6.26. The molecule has 1 aromatic heterocycles. The highest BCUT2D eigenvalue weighted by Gasteiger charge is 2.16. The van der Waals surface area contributed by atoms with Crippen LogP contribution in [0.1, 0.15) is 11.3 Å². The summed E-state index contributed by atoms with van der Waals surface area (Å²) in [4.78, 5) is 7.05. The maximum absolute atomic E-state index is 6.26. The Morgan fingerprint density at radius 2 is 1.59 bits per heavy atom. The number of rotatable bonds is 3. The lowest BCUT2D eigenvalue weighted by Crippen LogP contribution is -2.36. The van der Waals surface area contributed by atoms with Crippen LogP contribution in [0.2, 0.25) is 15.1 Å². The Bertz CT molecular complexity index is 996. The number of fused-ring (bicyclic) bond motifs is 1. The quantitative estimate of drug-likeness (QED) is 0.505. The average molecular weight is 420 g/mol. The molecule has 6 heteroatoms. The topological polar surface area (TPSA) is 25.4 Å². The Morgan fingerprint density at radius 1 is 0.889 bits per heavy atom. The number of aromatic nitrogens is 1. The number of ether oxygens (including phenoxy) is 1. The lowest BCUT2D eigenvalue weighted by atomic mass is 10.1. The van der Waals surface area contributed by atoms with Crippen molar-refractivity contribution in [2.75, 3.05) is 31.2 Å². The van der Waals surface area contributed by atoms with E-state index < -0.39 is 0 Å². The van der Waals surface area contributed by atoms with Gasteiger partial charge in [-0.3, -0.25) is 0 Å². The molecule has 138 valence electrons. The van der Waals surface area contributed by atoms with E-state index in [0.717, 1.165) is 46.0 Å². The Balaban J connectivity index is 1.78. The molecular weight excluding hydrogens is 403 g/mol. The molecular formula is C21H17Cl3N2O. The van der Waals surface area contributed by atoms with Gasteiger partial charge in [0.1, 0.15) is 0 Å². The largest absolute Gasteiger partial charge is 0.378 e. The molecule has 0 aliphatic carbocycles. The number of anilines is 1. The molecule has 1 aliphatic rings. The van der Waals surface area contributed by atoms with Gasteiger partial charge in [0.05, 0.1) is 34.5 Å². The zero-order valence-electron chi connectivity index (χ0n) is 14.5. The first-order valence-corrected chi connectivity index (χ1v) is 9.80. The molecule has 0 atom stereocenters. The highest BCUT2D eigenvalue weighted by molar-refractivity contribution is 6.42. The molecule has 1 fully saturated rings. The van der Waals surface area contributed by atoms with Crippen molar-refractivity contribution in [3.63, 3.8) is 0 Å². The van der Waals surface area contributed by atoms with E-state index in [4.69, 9.17) is 44.5 Å². The molecule has 1 saturated heterocycles. The van der Waals surface area contributed by atoms with Crippen LogP contribution < -0.4 is 4.90 Å². The third kappa shape index (κ3) is 4.22. The first-order valence-electron chi connectivity index (χ1n) is 8.66. The zero-order valence-corrected chi connectivity index (χ0v) is 16.7. The van der Waals surface area contributed by atoms with Crippen molar-refractivity contribution in [1.82, 2.24) is 4.98 Å². The van der Waals surface area contributed by atoms with Gasteiger partial charge in [-0.05, 0) is 42.0 Å². The highest BCUT2D eigenvalue weighted by Crippen LogP contribution is 2.34. The Morgan fingerprint density at radius 3 is 2.33 bits per heavy atom. The van der Waals surface area contributed by atoms with Crippen molar-refractivity contribution < 1.29 is 4.74 Å². The van der Waals surface area contributed by atoms with E-state index in [0.29, 0.717) is 23.3 Å². The predicted octanol–water partition coefficient (Wildman–Crippen LogP) is 6.20. The van der Waals surface area contributed by atoms with Crippen molar-refractivity contribution in [3.8, 4) is 0 Å². The second kappa shape index (κ2) is 8.07. The predicted molar refractivity (Wildman–Crippen MR) is 115 cm³/mol. The van der Waals surface area contributed by atoms with E-state index in [9.17, 15) is 0 Å². The fourth-order valence-corrected chi connectivity index (χ4v) is 3.58. The summed E-state index contributed by atoms with van der Waals surface area (Å²) in [6.45, 7) is 3.08. The van der Waals surface area contributed by atoms with E-state index in [-0.39, 0.29) is 0 Å². The molecule has 4 rings (SSSR count). The van der Waals surface area contributed by atoms with Crippen LogP contribution in [0.5, 0.6) is 0 Å². The summed E-state index contributed by atoms with van der Waals surface area (Å²) >= 11 is 18.4. The van der Waals surface area contributed by atoms with Crippen molar-refractivity contribution in [3.05, 3.63) is 68.8 Å². The van der Waals surface area contributed by atoms with Crippen molar-refractivity contribution in [2.45, 2.75) is 0 Å². The number of benzene rings is 2. The van der Waals surface area contributed by atoms with Gasteiger partial charge in [0, 0.05) is 29.2 Å².